The monoisotopic (exact) mass is 308 g/mol. The van der Waals surface area contributed by atoms with Gasteiger partial charge in [-0.1, -0.05) is 0 Å². The number of ether oxygens (including phenoxy) is 1. The number of nitrogens with two attached hydrogens (primary N) is 1. The Morgan fingerprint density at radius 3 is 2.82 bits per heavy atom. The molecular weight excluding hydrogens is 298 g/mol. The lowest BCUT2D eigenvalue weighted by Crippen LogP contribution is -2.12. The van der Waals surface area contributed by atoms with Gasteiger partial charge in [0.15, 0.2) is 0 Å². The smallest absolute Gasteiger partial charge is 0.310 e. The minimum Gasteiger partial charge on any atom is -0.466 e. The second kappa shape index (κ2) is 5.90. The number of pyridine rings is 1. The molecule has 0 unspecified atom stereocenters. The molecule has 0 aliphatic carbocycles. The maximum Gasteiger partial charge on any atom is 0.310 e. The van der Waals surface area contributed by atoms with E-state index in [1.54, 1.807) is 6.92 Å². The number of rotatable bonds is 4. The second-order valence-corrected chi connectivity index (χ2v) is 4.02. The van der Waals surface area contributed by atoms with Crippen LogP contribution in [0.5, 0.6) is 0 Å². The molecule has 1 aromatic heterocycles. The van der Waals surface area contributed by atoms with E-state index in [0.29, 0.717) is 4.47 Å². The van der Waals surface area contributed by atoms with Gasteiger partial charge in [-0.2, -0.15) is 0 Å². The molecule has 0 radical (unpaired) electrons. The average Bonchev–Trinajstić information content (AvgIpc) is 2.23. The van der Waals surface area contributed by atoms with Crippen LogP contribution in [0.15, 0.2) is 10.7 Å². The van der Waals surface area contributed by atoms with Gasteiger partial charge in [-0.15, -0.1) is 0 Å². The van der Waals surface area contributed by atoms with Gasteiger partial charge in [0.25, 0.3) is 6.43 Å². The second-order valence-electron chi connectivity index (χ2n) is 3.17. The van der Waals surface area contributed by atoms with Crippen LogP contribution in [0, 0.1) is 0 Å². The van der Waals surface area contributed by atoms with E-state index < -0.39 is 18.0 Å². The Morgan fingerprint density at radius 2 is 2.29 bits per heavy atom. The van der Waals surface area contributed by atoms with Crippen LogP contribution in [-0.4, -0.2) is 17.6 Å². The zero-order valence-electron chi connectivity index (χ0n) is 9.04. The zero-order valence-corrected chi connectivity index (χ0v) is 10.6. The van der Waals surface area contributed by atoms with E-state index >= 15 is 0 Å². The topological polar surface area (TPSA) is 65.2 Å². The third-order valence-electron chi connectivity index (χ3n) is 2.05. The average molecular weight is 309 g/mol. The Bertz CT molecular complexity index is 427. The molecule has 2 N–H and O–H groups in total. The first-order valence-corrected chi connectivity index (χ1v) is 5.63. The van der Waals surface area contributed by atoms with Crippen LogP contribution in [0.25, 0.3) is 0 Å². The largest absolute Gasteiger partial charge is 0.466 e. The van der Waals surface area contributed by atoms with Crippen LogP contribution in [0.4, 0.5) is 14.6 Å². The molecule has 0 saturated heterocycles. The predicted molar refractivity (Wildman–Crippen MR) is 61.6 cm³/mol. The molecule has 0 saturated carbocycles. The van der Waals surface area contributed by atoms with Crippen molar-refractivity contribution in [3.8, 4) is 0 Å². The highest BCUT2D eigenvalue weighted by Gasteiger charge is 2.22. The first-order valence-electron chi connectivity index (χ1n) is 4.83. The molecule has 0 aliphatic rings. The molecule has 0 aliphatic heterocycles. The van der Waals surface area contributed by atoms with Gasteiger partial charge >= 0.3 is 5.97 Å². The van der Waals surface area contributed by atoms with Crippen molar-refractivity contribution >= 4 is 27.7 Å². The number of nitrogens with zero attached hydrogens (tertiary/aromatic N) is 1. The van der Waals surface area contributed by atoms with Crippen LogP contribution in [0.1, 0.15) is 24.5 Å². The lowest BCUT2D eigenvalue weighted by molar-refractivity contribution is -0.142. The zero-order chi connectivity index (χ0) is 13.0. The van der Waals surface area contributed by atoms with Crippen LogP contribution >= 0.6 is 15.9 Å². The van der Waals surface area contributed by atoms with Crippen molar-refractivity contribution in [2.75, 3.05) is 12.3 Å². The normalized spacial score (nSPS) is 10.6. The summed E-state index contributed by atoms with van der Waals surface area (Å²) in [4.78, 5) is 14.9. The van der Waals surface area contributed by atoms with Crippen molar-refractivity contribution < 1.29 is 18.3 Å². The first-order chi connectivity index (χ1) is 7.97. The van der Waals surface area contributed by atoms with E-state index in [-0.39, 0.29) is 24.4 Å². The van der Waals surface area contributed by atoms with Gasteiger partial charge in [0.2, 0.25) is 0 Å². The summed E-state index contributed by atoms with van der Waals surface area (Å²) in [6.07, 6.45) is -1.76. The highest BCUT2D eigenvalue weighted by Crippen LogP contribution is 2.32. The maximum atomic E-state index is 12.8. The van der Waals surface area contributed by atoms with Gasteiger partial charge < -0.3 is 10.5 Å². The molecule has 1 aromatic rings. The van der Waals surface area contributed by atoms with Gasteiger partial charge in [0.05, 0.1) is 18.6 Å². The third-order valence-corrected chi connectivity index (χ3v) is 2.73. The van der Waals surface area contributed by atoms with Gasteiger partial charge in [-0.25, -0.2) is 13.8 Å². The molecule has 1 rings (SSSR count). The summed E-state index contributed by atoms with van der Waals surface area (Å²) >= 11 is 3.07. The fourth-order valence-electron chi connectivity index (χ4n) is 1.34. The van der Waals surface area contributed by atoms with E-state index in [9.17, 15) is 13.6 Å². The van der Waals surface area contributed by atoms with Crippen molar-refractivity contribution in [1.82, 2.24) is 4.98 Å². The number of carbonyl (C=O) groups excluding carboxylic acids is 1. The molecule has 0 atom stereocenters. The van der Waals surface area contributed by atoms with Crippen LogP contribution in [-0.2, 0) is 16.0 Å². The standard InChI is InChI=1S/C10H11BrF2N2O2/c1-2-17-7(16)3-5-6(11)4-15-10(14)8(5)9(12)13/h4,9H,2-3H2,1H3,(H2,14,15). The Kier molecular flexibility index (Phi) is 4.80. The minimum absolute atomic E-state index is 0.117. The first kappa shape index (κ1) is 13.8. The molecular formula is C10H11BrF2N2O2. The fraction of sp³-hybridized carbons (Fsp3) is 0.400. The Balaban J connectivity index is 3.12. The van der Waals surface area contributed by atoms with Gasteiger partial charge in [0.1, 0.15) is 5.82 Å². The maximum absolute atomic E-state index is 12.8. The highest BCUT2D eigenvalue weighted by atomic mass is 79.9. The number of alkyl halides is 2. The number of hydrogen-bond donors (Lipinski definition) is 1. The highest BCUT2D eigenvalue weighted by molar-refractivity contribution is 9.10. The lowest BCUT2D eigenvalue weighted by Gasteiger charge is -2.12. The number of aromatic nitrogens is 1. The van der Waals surface area contributed by atoms with Crippen molar-refractivity contribution in [3.05, 3.63) is 21.8 Å². The van der Waals surface area contributed by atoms with Crippen molar-refractivity contribution in [2.45, 2.75) is 19.8 Å². The van der Waals surface area contributed by atoms with Crippen LogP contribution < -0.4 is 5.73 Å². The van der Waals surface area contributed by atoms with Gasteiger partial charge in [-0.05, 0) is 28.4 Å². The number of halogens is 3. The molecule has 0 spiro atoms. The summed E-state index contributed by atoms with van der Waals surface area (Å²) in [6, 6.07) is 0. The Labute approximate surface area is 105 Å². The molecule has 0 aromatic carbocycles. The molecule has 0 bridgehead atoms. The summed E-state index contributed by atoms with van der Waals surface area (Å²) in [7, 11) is 0. The van der Waals surface area contributed by atoms with Crippen LogP contribution in [0.3, 0.4) is 0 Å². The Morgan fingerprint density at radius 1 is 1.65 bits per heavy atom. The molecule has 0 fully saturated rings. The van der Waals surface area contributed by atoms with E-state index in [4.69, 9.17) is 10.5 Å². The minimum atomic E-state index is -2.79. The van der Waals surface area contributed by atoms with Gasteiger partial charge in [0, 0.05) is 10.7 Å². The summed E-state index contributed by atoms with van der Waals surface area (Å²) < 4.78 is 30.6. The number of nitrogen functional groups attached to an aromatic ring is 1. The summed E-state index contributed by atoms with van der Waals surface area (Å²) in [5.41, 5.74) is 5.07. The molecule has 94 valence electrons. The fourth-order valence-corrected chi connectivity index (χ4v) is 1.79. The molecule has 17 heavy (non-hydrogen) atoms. The molecule has 0 amide bonds. The molecule has 1 heterocycles. The Hall–Kier alpha value is -1.24. The van der Waals surface area contributed by atoms with Gasteiger partial charge in [-0.3, -0.25) is 4.79 Å². The number of carbonyl (C=O) groups is 1. The van der Waals surface area contributed by atoms with Crippen molar-refractivity contribution in [2.24, 2.45) is 0 Å². The summed E-state index contributed by atoms with van der Waals surface area (Å²) in [5.74, 6) is -0.858. The van der Waals surface area contributed by atoms with Crippen LogP contribution in [0.2, 0.25) is 0 Å². The quantitative estimate of drug-likeness (QED) is 0.868. The van der Waals surface area contributed by atoms with E-state index in [1.807, 2.05) is 0 Å². The lowest BCUT2D eigenvalue weighted by atomic mass is 10.1. The van der Waals surface area contributed by atoms with Crippen molar-refractivity contribution in [1.29, 1.82) is 0 Å². The van der Waals surface area contributed by atoms with E-state index in [0.717, 1.165) is 0 Å². The predicted octanol–water partition coefficient (Wildman–Crippen LogP) is 2.47. The summed E-state index contributed by atoms with van der Waals surface area (Å²) in [5, 5.41) is 0. The molecule has 4 nitrogen and oxygen atoms in total. The SMILES string of the molecule is CCOC(=O)Cc1c(Br)cnc(N)c1C(F)F. The summed E-state index contributed by atoms with van der Waals surface area (Å²) in [6.45, 7) is 1.84. The van der Waals surface area contributed by atoms with Crippen molar-refractivity contribution in [3.63, 3.8) is 0 Å². The van der Waals surface area contributed by atoms with E-state index in [1.165, 1.54) is 6.20 Å². The van der Waals surface area contributed by atoms with E-state index in [2.05, 4.69) is 20.9 Å². The molecule has 7 heteroatoms. The number of esters is 1. The third kappa shape index (κ3) is 3.36. The number of anilines is 1. The number of hydrogen-bond acceptors (Lipinski definition) is 4.